The van der Waals surface area contributed by atoms with Gasteiger partial charge in [0.15, 0.2) is 5.75 Å². The average Bonchev–Trinajstić information content (AvgIpc) is 2.98. The fraction of sp³-hybridized carbons (Fsp3) is 0.0500. The number of aromatic nitrogens is 2. The van der Waals surface area contributed by atoms with E-state index in [1.165, 1.54) is 18.2 Å². The third-order valence-electron chi connectivity index (χ3n) is 4.32. The molecule has 0 radical (unpaired) electrons. The van der Waals surface area contributed by atoms with Crippen LogP contribution in [0.1, 0.15) is 0 Å². The quantitative estimate of drug-likeness (QED) is 0.546. The van der Waals surface area contributed by atoms with E-state index in [-0.39, 0.29) is 16.9 Å². The van der Waals surface area contributed by atoms with Gasteiger partial charge in [0.05, 0.1) is 23.9 Å². The first-order valence-electron chi connectivity index (χ1n) is 8.06. The molecule has 0 fully saturated rings. The summed E-state index contributed by atoms with van der Waals surface area (Å²) >= 11 is 6.37. The van der Waals surface area contributed by atoms with Gasteiger partial charge < -0.3 is 14.8 Å². The number of ether oxygens (including phenoxy) is 1. The maximum absolute atomic E-state index is 13.6. The minimum Gasteiger partial charge on any atom is -0.505 e. The van der Waals surface area contributed by atoms with Gasteiger partial charge in [-0.05, 0) is 35.9 Å². The Kier molecular flexibility index (Phi) is 4.12. The number of hydrogen-bond donors (Lipinski definition) is 2. The molecule has 27 heavy (non-hydrogen) atoms. The Labute approximate surface area is 158 Å². The number of hydrogen-bond acceptors (Lipinski definition) is 3. The van der Waals surface area contributed by atoms with Crippen molar-refractivity contribution in [2.45, 2.75) is 0 Å². The largest absolute Gasteiger partial charge is 0.505 e. The van der Waals surface area contributed by atoms with Crippen molar-refractivity contribution in [3.8, 4) is 28.3 Å². The van der Waals surface area contributed by atoms with E-state index in [0.717, 1.165) is 0 Å². The monoisotopic (exact) mass is 384 g/mol. The van der Waals surface area contributed by atoms with Gasteiger partial charge >= 0.3 is 0 Å². The van der Waals surface area contributed by atoms with Crippen LogP contribution in [0, 0.1) is 5.82 Å². The Balaban J connectivity index is 2.06. The summed E-state index contributed by atoms with van der Waals surface area (Å²) in [6.07, 6.45) is 0. The van der Waals surface area contributed by atoms with E-state index in [9.17, 15) is 14.3 Å². The predicted molar refractivity (Wildman–Crippen MR) is 103 cm³/mol. The van der Waals surface area contributed by atoms with E-state index in [1.54, 1.807) is 48.1 Å². The Morgan fingerprint density at radius 3 is 2.67 bits per heavy atom. The van der Waals surface area contributed by atoms with Gasteiger partial charge in [0.2, 0.25) is 0 Å². The van der Waals surface area contributed by atoms with Crippen molar-refractivity contribution in [2.75, 3.05) is 7.11 Å². The first-order chi connectivity index (χ1) is 13.0. The van der Waals surface area contributed by atoms with Crippen molar-refractivity contribution in [1.82, 2.24) is 9.55 Å². The lowest BCUT2D eigenvalue weighted by Gasteiger charge is -2.12. The van der Waals surface area contributed by atoms with Gasteiger partial charge in [-0.2, -0.15) is 0 Å². The number of rotatable bonds is 3. The molecule has 5 nitrogen and oxygen atoms in total. The molecular weight excluding hydrogens is 371 g/mol. The molecule has 2 heterocycles. The van der Waals surface area contributed by atoms with E-state index >= 15 is 0 Å². The molecule has 136 valence electrons. The standard InChI is InChI=1S/C20H14ClFN2O3/c1-27-14-7-3-6-13(9-14)24-16(21)10-15-18(24)19(25)17(20(26)23-15)11-4-2-5-12(22)8-11/h2-10H,1H3,(H2,23,25,26). The first-order valence-corrected chi connectivity index (χ1v) is 8.44. The lowest BCUT2D eigenvalue weighted by Crippen LogP contribution is -2.10. The Morgan fingerprint density at radius 2 is 1.93 bits per heavy atom. The normalized spacial score (nSPS) is 11.1. The molecule has 0 spiro atoms. The Bertz CT molecular complexity index is 1230. The molecule has 4 aromatic rings. The maximum Gasteiger partial charge on any atom is 0.260 e. The number of aromatic amines is 1. The zero-order valence-corrected chi connectivity index (χ0v) is 14.9. The van der Waals surface area contributed by atoms with E-state index < -0.39 is 11.4 Å². The molecule has 0 amide bonds. The predicted octanol–water partition coefficient (Wildman–Crippen LogP) is 4.49. The highest BCUT2D eigenvalue weighted by molar-refractivity contribution is 6.31. The average molecular weight is 385 g/mol. The van der Waals surface area contributed by atoms with Crippen LogP contribution < -0.4 is 10.3 Å². The third-order valence-corrected chi connectivity index (χ3v) is 4.60. The van der Waals surface area contributed by atoms with Crippen LogP contribution in [-0.2, 0) is 0 Å². The molecule has 0 saturated carbocycles. The van der Waals surface area contributed by atoms with Gasteiger partial charge in [-0.15, -0.1) is 0 Å². The smallest absolute Gasteiger partial charge is 0.260 e. The number of benzene rings is 2. The van der Waals surface area contributed by atoms with Crippen molar-refractivity contribution >= 4 is 22.6 Å². The highest BCUT2D eigenvalue weighted by atomic mass is 35.5. The van der Waals surface area contributed by atoms with Crippen LogP contribution in [0.15, 0.2) is 59.4 Å². The van der Waals surface area contributed by atoms with Gasteiger partial charge in [-0.3, -0.25) is 9.36 Å². The molecule has 0 aliphatic carbocycles. The van der Waals surface area contributed by atoms with Crippen molar-refractivity contribution in [3.63, 3.8) is 0 Å². The molecule has 2 aromatic carbocycles. The Hall–Kier alpha value is -3.25. The summed E-state index contributed by atoms with van der Waals surface area (Å²) < 4.78 is 20.5. The summed E-state index contributed by atoms with van der Waals surface area (Å²) in [5.41, 5.74) is 1.02. The van der Waals surface area contributed by atoms with Gasteiger partial charge in [-0.25, -0.2) is 4.39 Å². The van der Waals surface area contributed by atoms with Crippen LogP contribution in [0.5, 0.6) is 11.5 Å². The summed E-state index contributed by atoms with van der Waals surface area (Å²) in [6, 6.07) is 14.1. The summed E-state index contributed by atoms with van der Waals surface area (Å²) in [5, 5.41) is 11.2. The molecule has 0 saturated heterocycles. The lowest BCUT2D eigenvalue weighted by atomic mass is 10.1. The summed E-state index contributed by atoms with van der Waals surface area (Å²) in [6.45, 7) is 0. The maximum atomic E-state index is 13.6. The number of aromatic hydroxyl groups is 1. The van der Waals surface area contributed by atoms with Crippen molar-refractivity contribution in [1.29, 1.82) is 0 Å². The van der Waals surface area contributed by atoms with Gasteiger partial charge in [0.1, 0.15) is 22.2 Å². The highest BCUT2D eigenvalue weighted by Gasteiger charge is 2.20. The fourth-order valence-corrected chi connectivity index (χ4v) is 3.42. The number of nitrogens with zero attached hydrogens (tertiary/aromatic N) is 1. The second-order valence-corrected chi connectivity index (χ2v) is 6.34. The second kappa shape index (κ2) is 6.48. The first kappa shape index (κ1) is 17.2. The minimum absolute atomic E-state index is 0.0269. The molecule has 0 atom stereocenters. The fourth-order valence-electron chi connectivity index (χ4n) is 3.13. The molecule has 7 heteroatoms. The van der Waals surface area contributed by atoms with Gasteiger partial charge in [0, 0.05) is 6.07 Å². The number of H-pyrrole nitrogens is 1. The van der Waals surface area contributed by atoms with Crippen LogP contribution >= 0.6 is 11.6 Å². The highest BCUT2D eigenvalue weighted by Crippen LogP contribution is 2.37. The zero-order chi connectivity index (χ0) is 19.1. The SMILES string of the molecule is COc1cccc(-n2c(Cl)cc3[nH]c(=O)c(-c4cccc(F)c4)c(O)c32)c1. The molecule has 0 aliphatic heterocycles. The van der Waals surface area contributed by atoms with Gasteiger partial charge in [-0.1, -0.05) is 29.8 Å². The van der Waals surface area contributed by atoms with E-state index in [1.807, 2.05) is 0 Å². The Morgan fingerprint density at radius 1 is 1.15 bits per heavy atom. The number of nitrogens with one attached hydrogen (secondary N) is 1. The van der Waals surface area contributed by atoms with Crippen molar-refractivity contribution < 1.29 is 14.2 Å². The van der Waals surface area contributed by atoms with Crippen molar-refractivity contribution in [2.24, 2.45) is 0 Å². The molecule has 4 rings (SSSR count). The van der Waals surface area contributed by atoms with Crippen LogP contribution in [0.2, 0.25) is 5.15 Å². The number of pyridine rings is 1. The molecule has 2 aromatic heterocycles. The molecular formula is C20H14ClFN2O3. The van der Waals surface area contributed by atoms with Crippen LogP contribution in [0.4, 0.5) is 4.39 Å². The topological polar surface area (TPSA) is 67.2 Å². The molecule has 0 bridgehead atoms. The molecule has 0 unspecified atom stereocenters. The van der Waals surface area contributed by atoms with E-state index in [0.29, 0.717) is 27.6 Å². The molecule has 2 N–H and O–H groups in total. The second-order valence-electron chi connectivity index (χ2n) is 5.95. The lowest BCUT2D eigenvalue weighted by molar-refractivity contribution is 0.414. The van der Waals surface area contributed by atoms with E-state index in [4.69, 9.17) is 16.3 Å². The summed E-state index contributed by atoms with van der Waals surface area (Å²) in [7, 11) is 1.55. The number of halogens is 2. The van der Waals surface area contributed by atoms with E-state index in [2.05, 4.69) is 4.98 Å². The third kappa shape index (κ3) is 2.84. The number of fused-ring (bicyclic) bond motifs is 1. The van der Waals surface area contributed by atoms with Crippen LogP contribution in [0.25, 0.3) is 27.8 Å². The van der Waals surface area contributed by atoms with Crippen LogP contribution in [0.3, 0.4) is 0 Å². The van der Waals surface area contributed by atoms with Crippen LogP contribution in [-0.4, -0.2) is 21.8 Å². The number of methoxy groups -OCH3 is 1. The summed E-state index contributed by atoms with van der Waals surface area (Å²) in [5.74, 6) is -0.179. The molecule has 0 aliphatic rings. The van der Waals surface area contributed by atoms with Gasteiger partial charge in [0.25, 0.3) is 5.56 Å². The minimum atomic E-state index is -0.537. The van der Waals surface area contributed by atoms with Crippen molar-refractivity contribution in [3.05, 3.63) is 75.9 Å². The zero-order valence-electron chi connectivity index (χ0n) is 14.2. The summed E-state index contributed by atoms with van der Waals surface area (Å²) in [4.78, 5) is 15.2.